The van der Waals surface area contributed by atoms with Crippen LogP contribution in [-0.2, 0) is 11.3 Å². The van der Waals surface area contributed by atoms with E-state index in [2.05, 4.69) is 20.5 Å². The Morgan fingerprint density at radius 2 is 2.29 bits per heavy atom. The molecule has 2 aromatic rings. The number of carbonyl (C=O) groups is 1. The summed E-state index contributed by atoms with van der Waals surface area (Å²) in [5.74, 6) is 0. The molecule has 1 heterocycles. The van der Waals surface area contributed by atoms with Gasteiger partial charge < -0.3 is 9.30 Å². The van der Waals surface area contributed by atoms with Gasteiger partial charge >= 0.3 is 0 Å². The highest BCUT2D eigenvalue weighted by Crippen LogP contribution is 2.24. The Balaban J connectivity index is 2.39. The fourth-order valence-electron chi connectivity index (χ4n) is 1.96. The molecule has 0 bridgehead atoms. The van der Waals surface area contributed by atoms with Gasteiger partial charge in [0, 0.05) is 47.4 Å². The van der Waals surface area contributed by atoms with E-state index < -0.39 is 0 Å². The smallest absolute Gasteiger partial charge is 0.152 e. The molecular weight excluding hydrogens is 282 g/mol. The highest BCUT2D eigenvalue weighted by molar-refractivity contribution is 9.10. The third-order valence-electron chi connectivity index (χ3n) is 2.75. The molecule has 0 atom stereocenters. The van der Waals surface area contributed by atoms with Gasteiger partial charge in [-0.25, -0.2) is 0 Å². The molecule has 3 nitrogen and oxygen atoms in total. The topological polar surface area (TPSA) is 31.2 Å². The second-order valence-electron chi connectivity index (χ2n) is 3.90. The minimum atomic E-state index is 0.729. The minimum absolute atomic E-state index is 0.729. The van der Waals surface area contributed by atoms with Gasteiger partial charge in [-0.05, 0) is 24.6 Å². The summed E-state index contributed by atoms with van der Waals surface area (Å²) >= 11 is 3.42. The molecule has 1 aromatic carbocycles. The van der Waals surface area contributed by atoms with Crippen LogP contribution in [0, 0.1) is 0 Å². The van der Waals surface area contributed by atoms with Gasteiger partial charge in [-0.2, -0.15) is 0 Å². The molecule has 1 aromatic heterocycles. The lowest BCUT2D eigenvalue weighted by Crippen LogP contribution is -1.99. The van der Waals surface area contributed by atoms with Crippen molar-refractivity contribution in [3.05, 3.63) is 34.4 Å². The summed E-state index contributed by atoms with van der Waals surface area (Å²) in [6.45, 7) is 1.59. The maximum atomic E-state index is 11.0. The van der Waals surface area contributed by atoms with Crippen LogP contribution in [0.1, 0.15) is 16.8 Å². The van der Waals surface area contributed by atoms with E-state index in [0.717, 1.165) is 46.8 Å². The number of halogens is 1. The zero-order valence-electron chi connectivity index (χ0n) is 9.65. The van der Waals surface area contributed by atoms with E-state index in [1.54, 1.807) is 7.11 Å². The van der Waals surface area contributed by atoms with Crippen molar-refractivity contribution in [3.8, 4) is 0 Å². The van der Waals surface area contributed by atoms with E-state index in [1.165, 1.54) is 0 Å². The Kier molecular flexibility index (Phi) is 3.97. The Morgan fingerprint density at radius 1 is 1.47 bits per heavy atom. The van der Waals surface area contributed by atoms with Gasteiger partial charge in [-0.1, -0.05) is 15.9 Å². The van der Waals surface area contributed by atoms with Crippen molar-refractivity contribution in [2.24, 2.45) is 0 Å². The fourth-order valence-corrected chi connectivity index (χ4v) is 2.32. The van der Waals surface area contributed by atoms with Crippen LogP contribution in [0.2, 0.25) is 0 Å². The van der Waals surface area contributed by atoms with Crippen molar-refractivity contribution in [1.82, 2.24) is 4.57 Å². The molecule has 90 valence electrons. The molecule has 2 rings (SSSR count). The molecule has 0 radical (unpaired) electrons. The molecule has 0 saturated carbocycles. The molecule has 0 unspecified atom stereocenters. The summed E-state index contributed by atoms with van der Waals surface area (Å²) < 4.78 is 8.13. The first kappa shape index (κ1) is 12.3. The SMILES string of the molecule is COCCCn1cc(C=O)c2cc(Br)ccc21. The summed E-state index contributed by atoms with van der Waals surface area (Å²) in [6, 6.07) is 5.99. The Hall–Kier alpha value is -1.13. The highest BCUT2D eigenvalue weighted by atomic mass is 79.9. The third-order valence-corrected chi connectivity index (χ3v) is 3.24. The van der Waals surface area contributed by atoms with Crippen LogP contribution in [0.3, 0.4) is 0 Å². The number of fused-ring (bicyclic) bond motifs is 1. The van der Waals surface area contributed by atoms with Crippen LogP contribution in [0.25, 0.3) is 10.9 Å². The third kappa shape index (κ3) is 2.58. The molecule has 0 aliphatic rings. The first-order valence-corrected chi connectivity index (χ1v) is 6.28. The lowest BCUT2D eigenvalue weighted by Gasteiger charge is -2.04. The number of nitrogens with zero attached hydrogens (tertiary/aromatic N) is 1. The molecule has 0 amide bonds. The number of rotatable bonds is 5. The van der Waals surface area contributed by atoms with Crippen LogP contribution in [0.4, 0.5) is 0 Å². The fraction of sp³-hybridized carbons (Fsp3) is 0.308. The minimum Gasteiger partial charge on any atom is -0.385 e. The summed E-state index contributed by atoms with van der Waals surface area (Å²) in [6.07, 6.45) is 3.75. The number of ether oxygens (including phenoxy) is 1. The monoisotopic (exact) mass is 295 g/mol. The second kappa shape index (κ2) is 5.47. The molecular formula is C13H14BrNO2. The van der Waals surface area contributed by atoms with E-state index in [0.29, 0.717) is 0 Å². The second-order valence-corrected chi connectivity index (χ2v) is 4.82. The number of methoxy groups -OCH3 is 1. The van der Waals surface area contributed by atoms with Gasteiger partial charge in [0.1, 0.15) is 0 Å². The van der Waals surface area contributed by atoms with E-state index in [4.69, 9.17) is 4.74 Å². The number of aromatic nitrogens is 1. The standard InChI is InChI=1S/C13H14BrNO2/c1-17-6-2-5-15-8-10(9-16)12-7-11(14)3-4-13(12)15/h3-4,7-9H,2,5-6H2,1H3. The van der Waals surface area contributed by atoms with Gasteiger partial charge in [0.15, 0.2) is 6.29 Å². The number of benzene rings is 1. The van der Waals surface area contributed by atoms with Crippen LogP contribution >= 0.6 is 15.9 Å². The summed E-state index contributed by atoms with van der Waals surface area (Å²) in [7, 11) is 1.70. The average molecular weight is 296 g/mol. The van der Waals surface area contributed by atoms with Crippen molar-refractivity contribution in [1.29, 1.82) is 0 Å². The van der Waals surface area contributed by atoms with Crippen molar-refractivity contribution in [3.63, 3.8) is 0 Å². The van der Waals surface area contributed by atoms with Crippen LogP contribution in [0.5, 0.6) is 0 Å². The predicted octanol–water partition coefficient (Wildman–Crippen LogP) is 3.25. The zero-order chi connectivity index (χ0) is 12.3. The lowest BCUT2D eigenvalue weighted by molar-refractivity contribution is 0.112. The summed E-state index contributed by atoms with van der Waals surface area (Å²) in [4.78, 5) is 11.0. The highest BCUT2D eigenvalue weighted by Gasteiger charge is 2.07. The summed E-state index contributed by atoms with van der Waals surface area (Å²) in [5.41, 5.74) is 1.82. The van der Waals surface area contributed by atoms with Crippen molar-refractivity contribution < 1.29 is 9.53 Å². The van der Waals surface area contributed by atoms with Crippen LogP contribution in [-0.4, -0.2) is 24.6 Å². The van der Waals surface area contributed by atoms with Crippen molar-refractivity contribution in [2.75, 3.05) is 13.7 Å². The first-order chi connectivity index (χ1) is 8.26. The predicted molar refractivity (Wildman–Crippen MR) is 71.5 cm³/mol. The average Bonchev–Trinajstić information content (AvgIpc) is 2.67. The van der Waals surface area contributed by atoms with E-state index in [-0.39, 0.29) is 0 Å². The molecule has 17 heavy (non-hydrogen) atoms. The molecule has 0 aliphatic carbocycles. The number of hydrogen-bond acceptors (Lipinski definition) is 2. The number of hydrogen-bond donors (Lipinski definition) is 0. The number of carbonyl (C=O) groups excluding carboxylic acids is 1. The molecule has 0 fully saturated rings. The molecule has 0 saturated heterocycles. The quantitative estimate of drug-likeness (QED) is 0.626. The van der Waals surface area contributed by atoms with Gasteiger partial charge in [0.05, 0.1) is 0 Å². The number of aryl methyl sites for hydroxylation is 1. The zero-order valence-corrected chi connectivity index (χ0v) is 11.2. The Bertz CT molecular complexity index is 533. The largest absolute Gasteiger partial charge is 0.385 e. The molecule has 4 heteroatoms. The van der Waals surface area contributed by atoms with Gasteiger partial charge in [-0.3, -0.25) is 4.79 Å². The van der Waals surface area contributed by atoms with Crippen molar-refractivity contribution in [2.45, 2.75) is 13.0 Å². The van der Waals surface area contributed by atoms with E-state index >= 15 is 0 Å². The Morgan fingerprint density at radius 3 is 3.00 bits per heavy atom. The normalized spacial score (nSPS) is 10.9. The molecule has 0 aliphatic heterocycles. The van der Waals surface area contributed by atoms with Crippen molar-refractivity contribution >= 4 is 33.1 Å². The van der Waals surface area contributed by atoms with Gasteiger partial charge in [0.25, 0.3) is 0 Å². The van der Waals surface area contributed by atoms with Crippen LogP contribution in [0.15, 0.2) is 28.9 Å². The molecule has 0 N–H and O–H groups in total. The first-order valence-electron chi connectivity index (χ1n) is 5.49. The Labute approximate surface area is 108 Å². The molecule has 0 spiro atoms. The lowest BCUT2D eigenvalue weighted by atomic mass is 10.2. The maximum absolute atomic E-state index is 11.0. The number of aldehydes is 1. The van der Waals surface area contributed by atoms with Gasteiger partial charge in [-0.15, -0.1) is 0 Å². The van der Waals surface area contributed by atoms with E-state index in [9.17, 15) is 4.79 Å². The van der Waals surface area contributed by atoms with Gasteiger partial charge in [0.2, 0.25) is 0 Å². The summed E-state index contributed by atoms with van der Waals surface area (Å²) in [5, 5.41) is 0.992. The van der Waals surface area contributed by atoms with Crippen LogP contribution < -0.4 is 0 Å². The maximum Gasteiger partial charge on any atom is 0.152 e. The van der Waals surface area contributed by atoms with E-state index in [1.807, 2.05) is 24.4 Å².